The van der Waals surface area contributed by atoms with Gasteiger partial charge >= 0.3 is 0 Å². The van der Waals surface area contributed by atoms with E-state index in [9.17, 15) is 0 Å². The maximum atomic E-state index is 6.20. The summed E-state index contributed by atoms with van der Waals surface area (Å²) in [5, 5.41) is 3.55. The number of hydrogen-bond acceptors (Lipinski definition) is 5. The maximum Gasteiger partial charge on any atom is 0.166 e. The zero-order chi connectivity index (χ0) is 19.6. The van der Waals surface area contributed by atoms with Crippen LogP contribution in [0.4, 0.5) is 0 Å². The third-order valence-corrected chi connectivity index (χ3v) is 4.89. The first kappa shape index (κ1) is 26.5. The van der Waals surface area contributed by atoms with E-state index in [0.29, 0.717) is 13.2 Å². The smallest absolute Gasteiger partial charge is 0.166 e. The minimum absolute atomic E-state index is 0. The summed E-state index contributed by atoms with van der Waals surface area (Å²) in [6, 6.07) is 14.6. The topological polar surface area (TPSA) is 43.0 Å². The molecular formula is C23H34Cl2N2O3. The minimum Gasteiger partial charge on any atom is -0.490 e. The van der Waals surface area contributed by atoms with Crippen molar-refractivity contribution < 1.29 is 14.2 Å². The van der Waals surface area contributed by atoms with Gasteiger partial charge in [-0.15, -0.1) is 24.8 Å². The summed E-state index contributed by atoms with van der Waals surface area (Å²) in [6.07, 6.45) is 0. The molecule has 7 heteroatoms. The highest BCUT2D eigenvalue weighted by Crippen LogP contribution is 2.32. The van der Waals surface area contributed by atoms with Gasteiger partial charge in [0.2, 0.25) is 0 Å². The molecule has 30 heavy (non-hydrogen) atoms. The summed E-state index contributed by atoms with van der Waals surface area (Å²) in [5.41, 5.74) is 3.53. The number of nitrogens with one attached hydrogen (secondary N) is 1. The molecule has 0 saturated carbocycles. The van der Waals surface area contributed by atoms with Crippen LogP contribution >= 0.6 is 24.8 Å². The second-order valence-electron chi connectivity index (χ2n) is 7.08. The summed E-state index contributed by atoms with van der Waals surface area (Å²) < 4.78 is 17.4. The Bertz CT molecular complexity index is 723. The van der Waals surface area contributed by atoms with Gasteiger partial charge in [-0.2, -0.15) is 0 Å². The minimum atomic E-state index is 0. The van der Waals surface area contributed by atoms with E-state index in [2.05, 4.69) is 47.5 Å². The number of rotatable bonds is 10. The molecule has 1 heterocycles. The van der Waals surface area contributed by atoms with Gasteiger partial charge in [0.05, 0.1) is 19.8 Å². The molecule has 1 aliphatic heterocycles. The van der Waals surface area contributed by atoms with Gasteiger partial charge < -0.3 is 19.5 Å². The van der Waals surface area contributed by atoms with Crippen LogP contribution in [0.15, 0.2) is 42.5 Å². The van der Waals surface area contributed by atoms with Crippen LogP contribution in [0.2, 0.25) is 0 Å². The van der Waals surface area contributed by atoms with Crippen molar-refractivity contribution in [2.75, 3.05) is 46.0 Å². The molecule has 168 valence electrons. The van der Waals surface area contributed by atoms with Crippen LogP contribution in [-0.4, -0.2) is 50.9 Å². The van der Waals surface area contributed by atoms with Crippen molar-refractivity contribution in [3.63, 3.8) is 0 Å². The summed E-state index contributed by atoms with van der Waals surface area (Å²) in [4.78, 5) is 2.43. The molecule has 1 aliphatic rings. The van der Waals surface area contributed by atoms with Crippen LogP contribution in [0.1, 0.15) is 23.6 Å². The SMILES string of the molecule is CCOc1cccc(CNCCN2CCOCC2)c1OCc1ccc(C)cc1.Cl.Cl. The third kappa shape index (κ3) is 8.32. The van der Waals surface area contributed by atoms with Gasteiger partial charge in [-0.3, -0.25) is 4.90 Å². The molecule has 3 rings (SSSR count). The van der Waals surface area contributed by atoms with E-state index in [1.54, 1.807) is 0 Å². The van der Waals surface area contributed by atoms with Crippen molar-refractivity contribution in [2.45, 2.75) is 27.0 Å². The van der Waals surface area contributed by atoms with Crippen molar-refractivity contribution in [1.29, 1.82) is 0 Å². The predicted molar refractivity (Wildman–Crippen MR) is 127 cm³/mol. The first-order valence-corrected chi connectivity index (χ1v) is 10.2. The van der Waals surface area contributed by atoms with E-state index < -0.39 is 0 Å². The van der Waals surface area contributed by atoms with Crippen LogP contribution in [0.5, 0.6) is 11.5 Å². The second-order valence-corrected chi connectivity index (χ2v) is 7.08. The van der Waals surface area contributed by atoms with Crippen LogP contribution < -0.4 is 14.8 Å². The largest absolute Gasteiger partial charge is 0.490 e. The molecule has 0 unspecified atom stereocenters. The van der Waals surface area contributed by atoms with Gasteiger partial charge in [-0.05, 0) is 25.5 Å². The Hall–Kier alpha value is -1.50. The standard InChI is InChI=1S/C23H32N2O3.2ClH/c1-3-27-22-6-4-5-21(17-24-11-12-25-13-15-26-16-14-25)23(22)28-18-20-9-7-19(2)8-10-20;;/h4-10,24H,3,11-18H2,1-2H3;2*1H. The lowest BCUT2D eigenvalue weighted by atomic mass is 10.1. The quantitative estimate of drug-likeness (QED) is 0.541. The van der Waals surface area contributed by atoms with E-state index in [-0.39, 0.29) is 24.8 Å². The average Bonchev–Trinajstić information content (AvgIpc) is 2.73. The van der Waals surface area contributed by atoms with Gasteiger partial charge in [0, 0.05) is 38.3 Å². The van der Waals surface area contributed by atoms with Gasteiger partial charge in [0.15, 0.2) is 11.5 Å². The Morgan fingerprint density at radius 1 is 1.00 bits per heavy atom. The van der Waals surface area contributed by atoms with Crippen LogP contribution in [0, 0.1) is 6.92 Å². The van der Waals surface area contributed by atoms with Crippen molar-refractivity contribution in [3.8, 4) is 11.5 Å². The number of hydrogen-bond donors (Lipinski definition) is 1. The molecule has 0 aromatic heterocycles. The van der Waals surface area contributed by atoms with E-state index in [4.69, 9.17) is 14.2 Å². The van der Waals surface area contributed by atoms with Gasteiger partial charge in [-0.1, -0.05) is 42.0 Å². The molecule has 0 radical (unpaired) electrons. The normalized spacial score (nSPS) is 13.8. The monoisotopic (exact) mass is 456 g/mol. The van der Waals surface area contributed by atoms with Crippen molar-refractivity contribution in [1.82, 2.24) is 10.2 Å². The van der Waals surface area contributed by atoms with Crippen molar-refractivity contribution in [3.05, 3.63) is 59.2 Å². The Balaban J connectivity index is 0.00000225. The highest BCUT2D eigenvalue weighted by Gasteiger charge is 2.13. The van der Waals surface area contributed by atoms with E-state index in [1.165, 1.54) is 5.56 Å². The Morgan fingerprint density at radius 3 is 2.43 bits per heavy atom. The number of morpholine rings is 1. The molecule has 1 N–H and O–H groups in total. The van der Waals surface area contributed by atoms with Crippen LogP contribution in [-0.2, 0) is 17.9 Å². The molecule has 0 aliphatic carbocycles. The summed E-state index contributed by atoms with van der Waals surface area (Å²) in [6.45, 7) is 11.7. The second kappa shape index (κ2) is 14.5. The van der Waals surface area contributed by atoms with Crippen LogP contribution in [0.25, 0.3) is 0 Å². The lowest BCUT2D eigenvalue weighted by Gasteiger charge is -2.26. The maximum absolute atomic E-state index is 6.20. The predicted octanol–water partition coefficient (Wildman–Crippen LogP) is 4.24. The lowest BCUT2D eigenvalue weighted by Crippen LogP contribution is -2.40. The molecule has 0 bridgehead atoms. The fourth-order valence-corrected chi connectivity index (χ4v) is 3.26. The molecule has 0 atom stereocenters. The van der Waals surface area contributed by atoms with Crippen LogP contribution in [0.3, 0.4) is 0 Å². The molecule has 2 aromatic carbocycles. The zero-order valence-electron chi connectivity index (χ0n) is 17.9. The number of benzene rings is 2. The third-order valence-electron chi connectivity index (χ3n) is 4.89. The first-order chi connectivity index (χ1) is 13.8. The summed E-state index contributed by atoms with van der Waals surface area (Å²) in [5.74, 6) is 1.64. The average molecular weight is 457 g/mol. The fourth-order valence-electron chi connectivity index (χ4n) is 3.26. The summed E-state index contributed by atoms with van der Waals surface area (Å²) >= 11 is 0. The Kier molecular flexibility index (Phi) is 12.8. The lowest BCUT2D eigenvalue weighted by molar-refractivity contribution is 0.0384. The Labute approximate surface area is 192 Å². The van der Waals surface area contributed by atoms with E-state index >= 15 is 0 Å². The van der Waals surface area contributed by atoms with Gasteiger partial charge in [0.25, 0.3) is 0 Å². The number of halogens is 2. The molecule has 0 spiro atoms. The zero-order valence-corrected chi connectivity index (χ0v) is 19.5. The number of ether oxygens (including phenoxy) is 3. The van der Waals surface area contributed by atoms with Gasteiger partial charge in [-0.25, -0.2) is 0 Å². The highest BCUT2D eigenvalue weighted by molar-refractivity contribution is 5.85. The van der Waals surface area contributed by atoms with E-state index in [0.717, 1.165) is 68.6 Å². The highest BCUT2D eigenvalue weighted by atomic mass is 35.5. The molecule has 5 nitrogen and oxygen atoms in total. The molecule has 2 aromatic rings. The summed E-state index contributed by atoms with van der Waals surface area (Å²) in [7, 11) is 0. The van der Waals surface area contributed by atoms with Crippen molar-refractivity contribution >= 4 is 24.8 Å². The fraction of sp³-hybridized carbons (Fsp3) is 0.478. The Morgan fingerprint density at radius 2 is 1.73 bits per heavy atom. The van der Waals surface area contributed by atoms with Gasteiger partial charge in [0.1, 0.15) is 6.61 Å². The first-order valence-electron chi connectivity index (χ1n) is 10.2. The van der Waals surface area contributed by atoms with Crippen molar-refractivity contribution in [2.24, 2.45) is 0 Å². The number of nitrogens with zero attached hydrogens (tertiary/aromatic N) is 1. The number of aryl methyl sites for hydroxylation is 1. The van der Waals surface area contributed by atoms with E-state index in [1.807, 2.05) is 19.1 Å². The number of para-hydroxylation sites is 1. The molecule has 1 fully saturated rings. The molecule has 0 amide bonds. The molecular weight excluding hydrogens is 423 g/mol. The molecule has 1 saturated heterocycles.